The highest BCUT2D eigenvalue weighted by Gasteiger charge is 2.48. The van der Waals surface area contributed by atoms with Crippen LogP contribution in [-0.4, -0.2) is 84.6 Å². The Labute approximate surface area is 291 Å². The highest BCUT2D eigenvalue weighted by Crippen LogP contribution is 2.49. The van der Waals surface area contributed by atoms with E-state index in [1.54, 1.807) is 6.92 Å². The molecule has 4 saturated heterocycles. The zero-order valence-electron chi connectivity index (χ0n) is 28.3. The van der Waals surface area contributed by atoms with Crippen LogP contribution in [0.3, 0.4) is 0 Å². The Morgan fingerprint density at radius 1 is 1.00 bits per heavy atom. The average molecular weight is 710 g/mol. The zero-order valence-corrected chi connectivity index (χ0v) is 28.3. The molecule has 2 N–H and O–H groups in total. The van der Waals surface area contributed by atoms with E-state index in [1.807, 2.05) is 4.90 Å². The van der Waals surface area contributed by atoms with E-state index in [1.165, 1.54) is 18.2 Å². The number of phenols is 1. The van der Waals surface area contributed by atoms with Crippen molar-refractivity contribution in [2.45, 2.75) is 57.3 Å². The summed E-state index contributed by atoms with van der Waals surface area (Å²) in [6.07, 6.45) is -1.09. The SMILES string of the molecule is CCc1c(F)ccc2cc(O)cc(-c3c(C(F)(F)F)cc4c(N5CC6CCC(C5)N6)nc(OCC5(CN6CC7COCC7C6)CC5)nc4c3F)c12. The first kappa shape index (κ1) is 33.1. The molecule has 8 nitrogen and oxygen atoms in total. The lowest BCUT2D eigenvalue weighted by Crippen LogP contribution is -2.51. The minimum absolute atomic E-state index is 0.0736. The Hall–Kier alpha value is -3.81. The number of phenolic OH excluding ortho intramolecular Hbond substituents is 1. The number of piperazine rings is 1. The molecule has 51 heavy (non-hydrogen) atoms. The molecule has 4 aliphatic heterocycles. The van der Waals surface area contributed by atoms with Crippen molar-refractivity contribution >= 4 is 27.5 Å². The Bertz CT molecular complexity index is 2010. The lowest BCUT2D eigenvalue weighted by molar-refractivity contribution is -0.137. The maximum absolute atomic E-state index is 17.2. The largest absolute Gasteiger partial charge is 0.508 e. The van der Waals surface area contributed by atoms with Crippen LogP contribution in [0.15, 0.2) is 30.3 Å². The van der Waals surface area contributed by atoms with Gasteiger partial charge in [0.2, 0.25) is 0 Å². The molecule has 1 saturated carbocycles. The number of nitrogens with one attached hydrogen (secondary N) is 1. The van der Waals surface area contributed by atoms with Gasteiger partial charge in [-0.25, -0.2) is 8.78 Å². The van der Waals surface area contributed by atoms with Gasteiger partial charge in [-0.3, -0.25) is 0 Å². The highest BCUT2D eigenvalue weighted by molar-refractivity contribution is 6.04. The number of aromatic nitrogens is 2. The monoisotopic (exact) mass is 709 g/mol. The summed E-state index contributed by atoms with van der Waals surface area (Å²) in [5, 5.41) is 14.5. The molecular formula is C38H40F5N5O3. The third kappa shape index (κ3) is 5.85. The molecule has 3 aromatic carbocycles. The van der Waals surface area contributed by atoms with Crippen LogP contribution in [-0.2, 0) is 17.3 Å². The summed E-state index contributed by atoms with van der Waals surface area (Å²) in [4.78, 5) is 13.6. The van der Waals surface area contributed by atoms with Gasteiger partial charge in [-0.2, -0.15) is 23.1 Å². The maximum Gasteiger partial charge on any atom is 0.417 e. The topological polar surface area (TPSA) is 83.0 Å². The molecule has 2 bridgehead atoms. The van der Waals surface area contributed by atoms with Crippen LogP contribution in [0, 0.1) is 28.9 Å². The molecular weight excluding hydrogens is 669 g/mol. The Morgan fingerprint density at radius 3 is 2.39 bits per heavy atom. The normalized spacial score (nSPS) is 25.6. The van der Waals surface area contributed by atoms with Crippen molar-refractivity contribution in [3.8, 4) is 22.9 Å². The summed E-state index contributed by atoms with van der Waals surface area (Å²) in [6.45, 7) is 7.38. The number of aromatic hydroxyl groups is 1. The van der Waals surface area contributed by atoms with Gasteiger partial charge in [0.15, 0.2) is 5.82 Å². The maximum atomic E-state index is 17.2. The highest BCUT2D eigenvalue weighted by atomic mass is 19.4. The number of halogens is 5. The molecule has 5 fully saturated rings. The third-order valence-electron chi connectivity index (χ3n) is 11.8. The van der Waals surface area contributed by atoms with Gasteiger partial charge in [-0.15, -0.1) is 0 Å². The first-order valence-corrected chi connectivity index (χ1v) is 18.0. The van der Waals surface area contributed by atoms with Crippen molar-refractivity contribution in [3.05, 3.63) is 53.1 Å². The van der Waals surface area contributed by atoms with Gasteiger partial charge >= 0.3 is 12.2 Å². The molecule has 1 aliphatic carbocycles. The minimum atomic E-state index is -5.00. The van der Waals surface area contributed by atoms with Crippen molar-refractivity contribution < 1.29 is 36.5 Å². The first-order valence-electron chi connectivity index (χ1n) is 18.0. The fourth-order valence-electron chi connectivity index (χ4n) is 9.13. The summed E-state index contributed by atoms with van der Waals surface area (Å²) in [5.74, 6) is -0.921. The van der Waals surface area contributed by atoms with E-state index < -0.39 is 28.9 Å². The van der Waals surface area contributed by atoms with Gasteiger partial charge in [0.05, 0.1) is 25.4 Å². The molecule has 4 atom stereocenters. The van der Waals surface area contributed by atoms with E-state index in [-0.39, 0.29) is 68.9 Å². The number of nitrogens with zero attached hydrogens (tertiary/aromatic N) is 4. The summed E-state index contributed by atoms with van der Waals surface area (Å²) in [5.41, 5.74) is -2.59. The van der Waals surface area contributed by atoms with Crippen molar-refractivity contribution in [2.75, 3.05) is 57.4 Å². The Balaban J connectivity index is 1.17. The second kappa shape index (κ2) is 12.1. The average Bonchev–Trinajstić information content (AvgIpc) is 3.33. The summed E-state index contributed by atoms with van der Waals surface area (Å²) in [7, 11) is 0. The number of rotatable bonds is 8. The smallest absolute Gasteiger partial charge is 0.417 e. The molecule has 5 aliphatic rings. The number of ether oxygens (including phenoxy) is 2. The van der Waals surface area contributed by atoms with Crippen LogP contribution < -0.4 is 15.0 Å². The number of aryl methyl sites for hydroxylation is 1. The zero-order chi connectivity index (χ0) is 35.2. The van der Waals surface area contributed by atoms with Gasteiger partial charge < -0.3 is 29.7 Å². The van der Waals surface area contributed by atoms with Crippen molar-refractivity contribution in [1.29, 1.82) is 0 Å². The molecule has 4 aromatic rings. The lowest BCUT2D eigenvalue weighted by Gasteiger charge is -2.34. The second-order valence-corrected chi connectivity index (χ2v) is 15.4. The van der Waals surface area contributed by atoms with Crippen LogP contribution in [0.1, 0.15) is 43.7 Å². The van der Waals surface area contributed by atoms with Gasteiger partial charge in [-0.05, 0) is 78.3 Å². The molecule has 270 valence electrons. The summed E-state index contributed by atoms with van der Waals surface area (Å²) in [6, 6.07) is 6.07. The molecule has 9 rings (SSSR count). The lowest BCUT2D eigenvalue weighted by atomic mass is 9.89. The number of anilines is 1. The van der Waals surface area contributed by atoms with Crippen LogP contribution >= 0.6 is 0 Å². The minimum Gasteiger partial charge on any atom is -0.508 e. The number of hydrogen-bond donors (Lipinski definition) is 2. The number of benzene rings is 3. The van der Waals surface area contributed by atoms with Crippen LogP contribution in [0.4, 0.5) is 27.8 Å². The molecule has 1 aromatic heterocycles. The second-order valence-electron chi connectivity index (χ2n) is 15.4. The van der Waals surface area contributed by atoms with Crippen LogP contribution in [0.2, 0.25) is 0 Å². The van der Waals surface area contributed by atoms with Gasteiger partial charge in [0, 0.05) is 73.0 Å². The number of hydrogen-bond acceptors (Lipinski definition) is 8. The fourth-order valence-corrected chi connectivity index (χ4v) is 9.13. The predicted octanol–water partition coefficient (Wildman–Crippen LogP) is 6.69. The molecule has 4 unspecified atom stereocenters. The van der Waals surface area contributed by atoms with Crippen molar-refractivity contribution in [3.63, 3.8) is 0 Å². The standard InChI is InChI=1S/C38H40F5N5O3/c1-2-26-30(39)6-3-20-9-25(49)10-27(31(20)26)32-29(38(41,42)43)11-28-34(33(32)40)45-36(46-35(28)48-14-23-4-5-24(15-48)44-23)51-19-37(7-8-37)18-47-12-21-16-50-17-22(21)13-47/h3,6,9-11,21-24,44,49H,2,4-5,7-8,12-19H2,1H3. The Morgan fingerprint density at radius 2 is 1.73 bits per heavy atom. The Kier molecular flexibility index (Phi) is 7.86. The number of fused-ring (bicyclic) bond motifs is 5. The van der Waals surface area contributed by atoms with Crippen LogP contribution in [0.5, 0.6) is 11.8 Å². The number of alkyl halides is 3. The summed E-state index contributed by atoms with van der Waals surface area (Å²) < 4.78 is 89.6. The quantitative estimate of drug-likeness (QED) is 0.196. The number of likely N-dealkylation sites (tertiary alicyclic amines) is 1. The molecule has 13 heteroatoms. The van der Waals surface area contributed by atoms with E-state index in [0.29, 0.717) is 36.9 Å². The summed E-state index contributed by atoms with van der Waals surface area (Å²) >= 11 is 0. The van der Waals surface area contributed by atoms with E-state index in [4.69, 9.17) is 14.5 Å². The van der Waals surface area contributed by atoms with E-state index in [0.717, 1.165) is 70.7 Å². The first-order chi connectivity index (χ1) is 24.5. The van der Waals surface area contributed by atoms with Gasteiger partial charge in [0.1, 0.15) is 22.9 Å². The van der Waals surface area contributed by atoms with Gasteiger partial charge in [0.25, 0.3) is 0 Å². The van der Waals surface area contributed by atoms with Crippen molar-refractivity contribution in [1.82, 2.24) is 20.2 Å². The molecule has 5 heterocycles. The van der Waals surface area contributed by atoms with E-state index in [9.17, 15) is 5.11 Å². The molecule has 0 spiro atoms. The van der Waals surface area contributed by atoms with Gasteiger partial charge in [-0.1, -0.05) is 13.0 Å². The third-order valence-corrected chi connectivity index (χ3v) is 11.8. The van der Waals surface area contributed by atoms with Crippen LogP contribution in [0.25, 0.3) is 32.8 Å². The van der Waals surface area contributed by atoms with E-state index in [2.05, 4.69) is 15.2 Å². The van der Waals surface area contributed by atoms with Crippen molar-refractivity contribution in [2.24, 2.45) is 17.3 Å². The molecule has 0 amide bonds. The van der Waals surface area contributed by atoms with E-state index >= 15 is 22.0 Å². The fraction of sp³-hybridized carbons (Fsp3) is 0.526. The molecule has 0 radical (unpaired) electrons. The predicted molar refractivity (Wildman–Crippen MR) is 182 cm³/mol.